The SMILES string of the molecule is COc1ccc(-c2cc(C(=O)O)c(C)c(C(=O)O)c2)cc1OC. The van der Waals surface area contributed by atoms with Gasteiger partial charge in [0, 0.05) is 0 Å². The quantitative estimate of drug-likeness (QED) is 0.880. The Balaban J connectivity index is 2.68. The highest BCUT2D eigenvalue weighted by molar-refractivity contribution is 5.98. The molecule has 0 aliphatic carbocycles. The van der Waals surface area contributed by atoms with Crippen LogP contribution >= 0.6 is 0 Å². The van der Waals surface area contributed by atoms with E-state index in [9.17, 15) is 19.8 Å². The highest BCUT2D eigenvalue weighted by Gasteiger charge is 2.18. The molecule has 2 rings (SSSR count). The van der Waals surface area contributed by atoms with Crippen molar-refractivity contribution in [2.24, 2.45) is 0 Å². The summed E-state index contributed by atoms with van der Waals surface area (Å²) in [5, 5.41) is 18.6. The number of hydrogen-bond acceptors (Lipinski definition) is 4. The number of aromatic carboxylic acids is 2. The molecule has 0 heterocycles. The summed E-state index contributed by atoms with van der Waals surface area (Å²) in [4.78, 5) is 22.7. The monoisotopic (exact) mass is 316 g/mol. The first-order chi connectivity index (χ1) is 10.9. The van der Waals surface area contributed by atoms with Crippen molar-refractivity contribution in [1.82, 2.24) is 0 Å². The van der Waals surface area contributed by atoms with Gasteiger partial charge in [0.25, 0.3) is 0 Å². The maximum Gasteiger partial charge on any atom is 0.335 e. The van der Waals surface area contributed by atoms with Crippen molar-refractivity contribution in [2.45, 2.75) is 6.92 Å². The van der Waals surface area contributed by atoms with Crippen molar-refractivity contribution in [3.05, 3.63) is 47.0 Å². The van der Waals surface area contributed by atoms with Crippen molar-refractivity contribution in [1.29, 1.82) is 0 Å². The lowest BCUT2D eigenvalue weighted by molar-refractivity contribution is 0.0696. The molecule has 0 saturated carbocycles. The molecule has 6 nitrogen and oxygen atoms in total. The van der Waals surface area contributed by atoms with Gasteiger partial charge >= 0.3 is 11.9 Å². The fourth-order valence-corrected chi connectivity index (χ4v) is 2.34. The molecule has 6 heteroatoms. The molecule has 0 atom stereocenters. The van der Waals surface area contributed by atoms with Crippen molar-refractivity contribution in [2.75, 3.05) is 14.2 Å². The molecule has 0 aliphatic heterocycles. The first-order valence-corrected chi connectivity index (χ1v) is 6.72. The van der Waals surface area contributed by atoms with Gasteiger partial charge in [0.1, 0.15) is 0 Å². The molecule has 0 aromatic heterocycles. The number of rotatable bonds is 5. The number of carbonyl (C=O) groups is 2. The minimum atomic E-state index is -1.17. The van der Waals surface area contributed by atoms with Crippen molar-refractivity contribution < 1.29 is 29.3 Å². The predicted octanol–water partition coefficient (Wildman–Crippen LogP) is 3.08. The van der Waals surface area contributed by atoms with Gasteiger partial charge in [0.2, 0.25) is 0 Å². The van der Waals surface area contributed by atoms with Gasteiger partial charge in [0.05, 0.1) is 25.3 Å². The molecule has 0 amide bonds. The van der Waals surface area contributed by atoms with E-state index in [4.69, 9.17) is 9.47 Å². The van der Waals surface area contributed by atoms with Crippen LogP contribution in [-0.2, 0) is 0 Å². The van der Waals surface area contributed by atoms with E-state index >= 15 is 0 Å². The molecule has 0 unspecified atom stereocenters. The average Bonchev–Trinajstić information content (AvgIpc) is 2.53. The van der Waals surface area contributed by atoms with E-state index < -0.39 is 11.9 Å². The lowest BCUT2D eigenvalue weighted by Crippen LogP contribution is -2.07. The number of ether oxygens (including phenoxy) is 2. The molecule has 0 bridgehead atoms. The Morgan fingerprint density at radius 2 is 1.35 bits per heavy atom. The summed E-state index contributed by atoms with van der Waals surface area (Å²) in [6.45, 7) is 1.48. The number of carboxylic acids is 2. The first-order valence-electron chi connectivity index (χ1n) is 6.72. The van der Waals surface area contributed by atoms with E-state index in [0.717, 1.165) is 0 Å². The maximum absolute atomic E-state index is 11.4. The highest BCUT2D eigenvalue weighted by Crippen LogP contribution is 2.33. The van der Waals surface area contributed by atoms with Crippen LogP contribution in [0.5, 0.6) is 11.5 Å². The standard InChI is InChI=1S/C17H16O6/c1-9-12(16(18)19)6-11(7-13(9)17(20)21)10-4-5-14(22-2)15(8-10)23-3/h4-8H,1-3H3,(H,18,19)(H,20,21). The molecule has 0 radical (unpaired) electrons. The summed E-state index contributed by atoms with van der Waals surface area (Å²) in [5.41, 5.74) is 1.23. The largest absolute Gasteiger partial charge is 0.493 e. The smallest absolute Gasteiger partial charge is 0.335 e. The van der Waals surface area contributed by atoms with Gasteiger partial charge in [-0.2, -0.15) is 0 Å². The van der Waals surface area contributed by atoms with Crippen molar-refractivity contribution in [3.8, 4) is 22.6 Å². The zero-order valence-electron chi connectivity index (χ0n) is 12.9. The molecule has 2 N–H and O–H groups in total. The number of carboxylic acid groups (broad SMARTS) is 2. The molecule has 120 valence electrons. The summed E-state index contributed by atoms with van der Waals surface area (Å²) in [6, 6.07) is 7.95. The van der Waals surface area contributed by atoms with Crippen LogP contribution in [0.3, 0.4) is 0 Å². The molecular formula is C17H16O6. The van der Waals surface area contributed by atoms with E-state index in [2.05, 4.69) is 0 Å². The predicted molar refractivity (Wildman–Crippen MR) is 83.6 cm³/mol. The topological polar surface area (TPSA) is 93.1 Å². The second kappa shape index (κ2) is 6.39. The third kappa shape index (κ3) is 3.11. The van der Waals surface area contributed by atoms with Crippen LogP contribution in [0.15, 0.2) is 30.3 Å². The van der Waals surface area contributed by atoms with Crippen LogP contribution in [0.1, 0.15) is 26.3 Å². The van der Waals surface area contributed by atoms with E-state index in [1.165, 1.54) is 33.3 Å². The first kappa shape index (κ1) is 16.4. The number of benzene rings is 2. The fraction of sp³-hybridized carbons (Fsp3) is 0.176. The lowest BCUT2D eigenvalue weighted by Gasteiger charge is -2.12. The second-order valence-corrected chi connectivity index (χ2v) is 4.88. The fourth-order valence-electron chi connectivity index (χ4n) is 2.34. The van der Waals surface area contributed by atoms with Gasteiger partial charge in [-0.25, -0.2) is 9.59 Å². The van der Waals surface area contributed by atoms with E-state index in [-0.39, 0.29) is 16.7 Å². The Morgan fingerprint density at radius 1 is 0.826 bits per heavy atom. The van der Waals surface area contributed by atoms with Crippen LogP contribution in [-0.4, -0.2) is 36.4 Å². The Bertz CT molecular complexity index is 744. The van der Waals surface area contributed by atoms with Crippen LogP contribution in [0.25, 0.3) is 11.1 Å². The summed E-state index contributed by atoms with van der Waals surface area (Å²) in [7, 11) is 3.00. The zero-order chi connectivity index (χ0) is 17.1. The summed E-state index contributed by atoms with van der Waals surface area (Å²) >= 11 is 0. The number of hydrogen-bond donors (Lipinski definition) is 2. The van der Waals surface area contributed by atoms with Crippen molar-refractivity contribution in [3.63, 3.8) is 0 Å². The molecular weight excluding hydrogens is 300 g/mol. The molecule has 23 heavy (non-hydrogen) atoms. The Labute approximate surface area is 132 Å². The summed E-state index contributed by atoms with van der Waals surface area (Å²) in [5.74, 6) is -1.35. The number of methoxy groups -OCH3 is 2. The third-order valence-electron chi connectivity index (χ3n) is 3.59. The van der Waals surface area contributed by atoms with Gasteiger partial charge < -0.3 is 19.7 Å². The van der Waals surface area contributed by atoms with Gasteiger partial charge in [-0.1, -0.05) is 6.07 Å². The Morgan fingerprint density at radius 3 is 1.78 bits per heavy atom. The minimum Gasteiger partial charge on any atom is -0.493 e. The molecule has 0 fully saturated rings. The van der Waals surface area contributed by atoms with Gasteiger partial charge in [0.15, 0.2) is 11.5 Å². The second-order valence-electron chi connectivity index (χ2n) is 4.88. The summed E-state index contributed by atoms with van der Waals surface area (Å²) < 4.78 is 10.4. The van der Waals surface area contributed by atoms with E-state index in [1.807, 2.05) is 0 Å². The minimum absolute atomic E-state index is 0.0466. The lowest BCUT2D eigenvalue weighted by atomic mass is 9.95. The zero-order valence-corrected chi connectivity index (χ0v) is 12.9. The third-order valence-corrected chi connectivity index (χ3v) is 3.59. The maximum atomic E-state index is 11.4. The van der Waals surface area contributed by atoms with E-state index in [1.54, 1.807) is 18.2 Å². The Kier molecular flexibility index (Phi) is 4.55. The van der Waals surface area contributed by atoms with Crippen LogP contribution < -0.4 is 9.47 Å². The normalized spacial score (nSPS) is 10.2. The average molecular weight is 316 g/mol. The van der Waals surface area contributed by atoms with Crippen LogP contribution in [0.2, 0.25) is 0 Å². The molecule has 2 aromatic carbocycles. The van der Waals surface area contributed by atoms with Crippen molar-refractivity contribution >= 4 is 11.9 Å². The molecule has 2 aromatic rings. The van der Waals surface area contributed by atoms with Gasteiger partial charge in [-0.3, -0.25) is 0 Å². The Hall–Kier alpha value is -3.02. The molecule has 0 saturated heterocycles. The molecule has 0 aliphatic rings. The summed E-state index contributed by atoms with van der Waals surface area (Å²) in [6.07, 6.45) is 0. The molecule has 0 spiro atoms. The van der Waals surface area contributed by atoms with Gasteiger partial charge in [-0.15, -0.1) is 0 Å². The van der Waals surface area contributed by atoms with E-state index in [0.29, 0.717) is 22.6 Å². The van der Waals surface area contributed by atoms with Crippen LogP contribution in [0, 0.1) is 6.92 Å². The van der Waals surface area contributed by atoms with Gasteiger partial charge in [-0.05, 0) is 47.9 Å². The van der Waals surface area contributed by atoms with Crippen LogP contribution in [0.4, 0.5) is 0 Å². The highest BCUT2D eigenvalue weighted by atomic mass is 16.5.